The van der Waals surface area contributed by atoms with Crippen molar-refractivity contribution in [2.75, 3.05) is 24.7 Å². The Bertz CT molecular complexity index is 258. The van der Waals surface area contributed by atoms with Crippen LogP contribution in [0.1, 0.15) is 19.3 Å². The van der Waals surface area contributed by atoms with Crippen molar-refractivity contribution in [1.82, 2.24) is 4.90 Å². The van der Waals surface area contributed by atoms with E-state index in [1.54, 1.807) is 0 Å². The summed E-state index contributed by atoms with van der Waals surface area (Å²) in [5.41, 5.74) is 0. The Labute approximate surface area is 101 Å². The number of amides is 1. The van der Waals surface area contributed by atoms with Crippen molar-refractivity contribution < 1.29 is 9.53 Å². The highest BCUT2D eigenvalue weighted by molar-refractivity contribution is 7.99. The highest BCUT2D eigenvalue weighted by Gasteiger charge is 2.29. The molecule has 2 rings (SSSR count). The first-order chi connectivity index (χ1) is 7.81. The standard InChI is InChI=1S/C12H19NO2S/c1-2-12(14)13(10-5-7-16-9-10)8-11-4-3-6-15-11/h2,10-11H,1,3-9H2. The molecule has 16 heavy (non-hydrogen) atoms. The van der Waals surface area contributed by atoms with Gasteiger partial charge in [0, 0.05) is 24.9 Å². The molecule has 2 heterocycles. The molecule has 0 aliphatic carbocycles. The summed E-state index contributed by atoms with van der Waals surface area (Å²) in [5, 5.41) is 0. The van der Waals surface area contributed by atoms with Crippen molar-refractivity contribution in [3.05, 3.63) is 12.7 Å². The number of carbonyl (C=O) groups is 1. The van der Waals surface area contributed by atoms with Gasteiger partial charge in [0.1, 0.15) is 0 Å². The van der Waals surface area contributed by atoms with Gasteiger partial charge in [-0.3, -0.25) is 4.79 Å². The summed E-state index contributed by atoms with van der Waals surface area (Å²) < 4.78 is 5.60. The SMILES string of the molecule is C=CC(=O)N(CC1CCCO1)C1CCSC1. The van der Waals surface area contributed by atoms with E-state index in [4.69, 9.17) is 4.74 Å². The fraction of sp³-hybridized carbons (Fsp3) is 0.750. The highest BCUT2D eigenvalue weighted by atomic mass is 32.2. The molecule has 0 N–H and O–H groups in total. The van der Waals surface area contributed by atoms with Crippen molar-refractivity contribution in [2.45, 2.75) is 31.4 Å². The van der Waals surface area contributed by atoms with E-state index in [1.165, 1.54) is 6.08 Å². The second kappa shape index (κ2) is 5.73. The Morgan fingerprint density at radius 3 is 3.00 bits per heavy atom. The third kappa shape index (κ3) is 2.80. The number of nitrogens with zero attached hydrogens (tertiary/aromatic N) is 1. The molecule has 2 fully saturated rings. The molecule has 2 aliphatic heterocycles. The summed E-state index contributed by atoms with van der Waals surface area (Å²) in [6.45, 7) is 5.18. The van der Waals surface area contributed by atoms with Crippen LogP contribution in [0.4, 0.5) is 0 Å². The lowest BCUT2D eigenvalue weighted by atomic mass is 10.1. The largest absolute Gasteiger partial charge is 0.376 e. The zero-order valence-corrected chi connectivity index (χ0v) is 10.4. The Hall–Kier alpha value is -0.480. The van der Waals surface area contributed by atoms with Crippen molar-refractivity contribution in [2.24, 2.45) is 0 Å². The summed E-state index contributed by atoms with van der Waals surface area (Å²) in [5.74, 6) is 2.28. The van der Waals surface area contributed by atoms with E-state index < -0.39 is 0 Å². The van der Waals surface area contributed by atoms with Gasteiger partial charge in [0.25, 0.3) is 0 Å². The van der Waals surface area contributed by atoms with E-state index in [1.807, 2.05) is 16.7 Å². The van der Waals surface area contributed by atoms with Crippen LogP contribution in [0.5, 0.6) is 0 Å². The first-order valence-electron chi connectivity index (χ1n) is 5.93. The van der Waals surface area contributed by atoms with E-state index in [-0.39, 0.29) is 12.0 Å². The van der Waals surface area contributed by atoms with Crippen LogP contribution < -0.4 is 0 Å². The number of rotatable bonds is 4. The maximum Gasteiger partial charge on any atom is 0.246 e. The lowest BCUT2D eigenvalue weighted by Gasteiger charge is -2.29. The molecule has 4 heteroatoms. The second-order valence-electron chi connectivity index (χ2n) is 4.35. The predicted molar refractivity (Wildman–Crippen MR) is 66.6 cm³/mol. The van der Waals surface area contributed by atoms with Gasteiger partial charge in [-0.2, -0.15) is 11.8 Å². The van der Waals surface area contributed by atoms with Crippen LogP contribution in [-0.2, 0) is 9.53 Å². The molecule has 0 aromatic heterocycles. The molecule has 2 atom stereocenters. The minimum absolute atomic E-state index is 0.0583. The molecule has 0 aromatic rings. The lowest BCUT2D eigenvalue weighted by molar-refractivity contribution is -0.129. The number of hydrogen-bond donors (Lipinski definition) is 0. The molecule has 3 nitrogen and oxygen atoms in total. The summed E-state index contributed by atoms with van der Waals surface area (Å²) >= 11 is 1.93. The number of hydrogen-bond acceptors (Lipinski definition) is 3. The van der Waals surface area contributed by atoms with Crippen molar-refractivity contribution in [1.29, 1.82) is 0 Å². The average Bonchev–Trinajstić information content (AvgIpc) is 2.97. The maximum absolute atomic E-state index is 11.8. The minimum Gasteiger partial charge on any atom is -0.376 e. The molecular weight excluding hydrogens is 222 g/mol. The Balaban J connectivity index is 1.95. The van der Waals surface area contributed by atoms with Crippen LogP contribution in [-0.4, -0.2) is 47.6 Å². The van der Waals surface area contributed by atoms with E-state index >= 15 is 0 Å². The molecule has 2 saturated heterocycles. The molecular formula is C12H19NO2S. The van der Waals surface area contributed by atoms with Gasteiger partial charge in [-0.05, 0) is 31.1 Å². The third-order valence-corrected chi connectivity index (χ3v) is 4.37. The fourth-order valence-corrected chi connectivity index (χ4v) is 3.54. The van der Waals surface area contributed by atoms with Crippen molar-refractivity contribution in [3.63, 3.8) is 0 Å². The molecule has 0 radical (unpaired) electrons. The Morgan fingerprint density at radius 2 is 2.44 bits per heavy atom. The smallest absolute Gasteiger partial charge is 0.246 e. The van der Waals surface area contributed by atoms with Crippen LogP contribution >= 0.6 is 11.8 Å². The van der Waals surface area contributed by atoms with Gasteiger partial charge in [-0.1, -0.05) is 6.58 Å². The van der Waals surface area contributed by atoms with Gasteiger partial charge in [-0.15, -0.1) is 0 Å². The topological polar surface area (TPSA) is 29.5 Å². The van der Waals surface area contributed by atoms with Crippen LogP contribution in [0.25, 0.3) is 0 Å². The third-order valence-electron chi connectivity index (χ3n) is 3.23. The van der Waals surface area contributed by atoms with Gasteiger partial charge in [0.05, 0.1) is 6.10 Å². The molecule has 0 bridgehead atoms. The molecule has 0 saturated carbocycles. The Kier molecular flexibility index (Phi) is 4.29. The normalized spacial score (nSPS) is 29.2. The number of carbonyl (C=O) groups excluding carboxylic acids is 1. The summed E-state index contributed by atoms with van der Waals surface area (Å²) in [6, 6.07) is 0.389. The first-order valence-corrected chi connectivity index (χ1v) is 7.09. The van der Waals surface area contributed by atoms with Crippen LogP contribution in [0.15, 0.2) is 12.7 Å². The van der Waals surface area contributed by atoms with Crippen LogP contribution in [0.2, 0.25) is 0 Å². The Morgan fingerprint density at radius 1 is 1.56 bits per heavy atom. The molecule has 1 amide bonds. The van der Waals surface area contributed by atoms with Gasteiger partial charge in [0.15, 0.2) is 0 Å². The monoisotopic (exact) mass is 241 g/mol. The van der Waals surface area contributed by atoms with Gasteiger partial charge in [0.2, 0.25) is 5.91 Å². The van der Waals surface area contributed by atoms with Gasteiger partial charge in [-0.25, -0.2) is 0 Å². The van der Waals surface area contributed by atoms with E-state index in [0.717, 1.165) is 43.9 Å². The minimum atomic E-state index is 0.0583. The molecule has 90 valence electrons. The number of thioether (sulfide) groups is 1. The zero-order chi connectivity index (χ0) is 11.4. The van der Waals surface area contributed by atoms with Gasteiger partial charge >= 0.3 is 0 Å². The van der Waals surface area contributed by atoms with E-state index in [2.05, 4.69) is 6.58 Å². The average molecular weight is 241 g/mol. The molecule has 0 spiro atoms. The quantitative estimate of drug-likeness (QED) is 0.701. The van der Waals surface area contributed by atoms with Crippen LogP contribution in [0.3, 0.4) is 0 Å². The predicted octanol–water partition coefficient (Wildman–Crippen LogP) is 1.69. The highest BCUT2D eigenvalue weighted by Crippen LogP contribution is 2.24. The first kappa shape index (κ1) is 12.0. The van der Waals surface area contributed by atoms with Crippen LogP contribution in [0, 0.1) is 0 Å². The molecule has 2 unspecified atom stereocenters. The second-order valence-corrected chi connectivity index (χ2v) is 5.50. The lowest BCUT2D eigenvalue weighted by Crippen LogP contribution is -2.43. The van der Waals surface area contributed by atoms with Crippen molar-refractivity contribution in [3.8, 4) is 0 Å². The summed E-state index contributed by atoms with van der Waals surface area (Å²) in [4.78, 5) is 13.8. The maximum atomic E-state index is 11.8. The van der Waals surface area contributed by atoms with E-state index in [0.29, 0.717) is 6.04 Å². The number of ether oxygens (including phenoxy) is 1. The van der Waals surface area contributed by atoms with Gasteiger partial charge < -0.3 is 9.64 Å². The molecule has 2 aliphatic rings. The summed E-state index contributed by atoms with van der Waals surface area (Å²) in [7, 11) is 0. The van der Waals surface area contributed by atoms with Crippen molar-refractivity contribution >= 4 is 17.7 Å². The zero-order valence-electron chi connectivity index (χ0n) is 9.56. The fourth-order valence-electron chi connectivity index (χ4n) is 2.31. The van der Waals surface area contributed by atoms with E-state index in [9.17, 15) is 4.79 Å². The molecule has 0 aromatic carbocycles. The summed E-state index contributed by atoms with van der Waals surface area (Å²) in [6.07, 6.45) is 4.99.